The maximum Gasteiger partial charge on any atom is 0.295 e. The molecule has 0 aliphatic heterocycles. The normalized spacial score (nSPS) is 9.88. The van der Waals surface area contributed by atoms with Crippen LogP contribution < -0.4 is 0 Å². The molecule has 7 heteroatoms. The van der Waals surface area contributed by atoms with Crippen molar-refractivity contribution in [2.45, 2.75) is 6.54 Å². The number of hydrogen-bond donors (Lipinski definition) is 0. The summed E-state index contributed by atoms with van der Waals surface area (Å²) in [6, 6.07) is 8.15. The van der Waals surface area contributed by atoms with Gasteiger partial charge in [0.25, 0.3) is 5.69 Å². The first-order valence-electron chi connectivity index (χ1n) is 4.76. The Hall–Kier alpha value is -2.66. The third-order valence-electron chi connectivity index (χ3n) is 2.25. The second kappa shape index (κ2) is 4.46. The van der Waals surface area contributed by atoms with E-state index in [0.29, 0.717) is 16.6 Å². The number of para-hydroxylation sites is 1. The second-order valence-electron chi connectivity index (χ2n) is 3.30. The van der Waals surface area contributed by atoms with Crippen LogP contribution in [0.15, 0.2) is 35.4 Å². The van der Waals surface area contributed by atoms with E-state index < -0.39 is 4.92 Å². The minimum atomic E-state index is -0.479. The Balaban J connectivity index is 2.61. The molecule has 0 saturated heterocycles. The van der Waals surface area contributed by atoms with Gasteiger partial charge in [-0.1, -0.05) is 23.3 Å². The van der Waals surface area contributed by atoms with E-state index in [-0.39, 0.29) is 12.2 Å². The Labute approximate surface area is 95.5 Å². The number of nitrogens with zero attached hydrogens (tertiary/aromatic N) is 5. The predicted octanol–water partition coefficient (Wildman–Crippen LogP) is 2.95. The molecule has 84 valence electrons. The second-order valence-corrected chi connectivity index (χ2v) is 3.30. The van der Waals surface area contributed by atoms with Gasteiger partial charge < -0.3 is 0 Å². The molecule has 17 heavy (non-hydrogen) atoms. The number of rotatable bonds is 3. The summed E-state index contributed by atoms with van der Waals surface area (Å²) >= 11 is 0. The fourth-order valence-electron chi connectivity index (χ4n) is 1.51. The van der Waals surface area contributed by atoms with E-state index in [4.69, 9.17) is 5.53 Å². The molecule has 2 aromatic rings. The number of nitro benzene ring substituents is 1. The number of pyridine rings is 1. The molecule has 0 atom stereocenters. The lowest BCUT2D eigenvalue weighted by molar-refractivity contribution is -0.383. The first kappa shape index (κ1) is 10.8. The average Bonchev–Trinajstić information content (AvgIpc) is 2.35. The van der Waals surface area contributed by atoms with Crippen molar-refractivity contribution in [3.63, 3.8) is 0 Å². The standard InChI is InChI=1S/C10H7N5O2/c11-14-12-6-8-5-4-7-2-1-3-9(15(16)17)10(7)13-8/h1-5H,6H2. The maximum absolute atomic E-state index is 10.8. The van der Waals surface area contributed by atoms with Gasteiger partial charge in [0.05, 0.1) is 11.5 Å². The van der Waals surface area contributed by atoms with E-state index in [1.165, 1.54) is 6.07 Å². The lowest BCUT2D eigenvalue weighted by atomic mass is 10.2. The van der Waals surface area contributed by atoms with Crippen LogP contribution in [0.1, 0.15) is 5.69 Å². The SMILES string of the molecule is [N-]=[N+]=NCc1ccc2cccc([N+](=O)[O-])c2n1. The monoisotopic (exact) mass is 229 g/mol. The zero-order chi connectivity index (χ0) is 12.3. The molecule has 0 unspecified atom stereocenters. The van der Waals surface area contributed by atoms with Crippen molar-refractivity contribution in [2.24, 2.45) is 5.11 Å². The molecule has 1 aromatic heterocycles. The van der Waals surface area contributed by atoms with Crippen molar-refractivity contribution >= 4 is 16.6 Å². The Morgan fingerprint density at radius 3 is 2.94 bits per heavy atom. The predicted molar refractivity (Wildman–Crippen MR) is 61.2 cm³/mol. The summed E-state index contributed by atoms with van der Waals surface area (Å²) in [5.41, 5.74) is 8.97. The summed E-state index contributed by atoms with van der Waals surface area (Å²) in [6.07, 6.45) is 0. The highest BCUT2D eigenvalue weighted by molar-refractivity contribution is 5.87. The number of non-ortho nitro benzene ring substituents is 1. The van der Waals surface area contributed by atoms with Gasteiger partial charge in [0, 0.05) is 22.1 Å². The first-order chi connectivity index (χ1) is 8.22. The molecule has 0 radical (unpaired) electrons. The third-order valence-corrected chi connectivity index (χ3v) is 2.25. The number of benzene rings is 1. The minimum absolute atomic E-state index is 0.0507. The number of nitro groups is 1. The third kappa shape index (κ3) is 2.14. The molecule has 2 rings (SSSR count). The maximum atomic E-state index is 10.8. The zero-order valence-corrected chi connectivity index (χ0v) is 8.65. The Kier molecular flexibility index (Phi) is 2.85. The van der Waals surface area contributed by atoms with Crippen LogP contribution in [-0.4, -0.2) is 9.91 Å². The van der Waals surface area contributed by atoms with Crippen molar-refractivity contribution in [3.05, 3.63) is 56.6 Å². The molecule has 0 aliphatic carbocycles. The highest BCUT2D eigenvalue weighted by Gasteiger charge is 2.12. The van der Waals surface area contributed by atoms with Gasteiger partial charge >= 0.3 is 0 Å². The molecule has 0 bridgehead atoms. The van der Waals surface area contributed by atoms with Gasteiger partial charge in [-0.25, -0.2) is 4.98 Å². The van der Waals surface area contributed by atoms with E-state index in [1.54, 1.807) is 24.3 Å². The van der Waals surface area contributed by atoms with Gasteiger partial charge in [0.2, 0.25) is 0 Å². The van der Waals surface area contributed by atoms with E-state index in [1.807, 2.05) is 0 Å². The number of hydrogen-bond acceptors (Lipinski definition) is 4. The van der Waals surface area contributed by atoms with E-state index in [9.17, 15) is 10.1 Å². The smallest absolute Gasteiger partial charge is 0.258 e. The van der Waals surface area contributed by atoms with E-state index >= 15 is 0 Å². The Bertz CT molecular complexity index is 634. The van der Waals surface area contributed by atoms with Crippen molar-refractivity contribution in [1.29, 1.82) is 0 Å². The van der Waals surface area contributed by atoms with Crippen molar-refractivity contribution in [3.8, 4) is 0 Å². The lowest BCUT2D eigenvalue weighted by Gasteiger charge is -2.00. The summed E-state index contributed by atoms with van der Waals surface area (Å²) in [5, 5.41) is 14.9. The van der Waals surface area contributed by atoms with Crippen molar-refractivity contribution in [2.75, 3.05) is 0 Å². The van der Waals surface area contributed by atoms with Gasteiger partial charge in [0.1, 0.15) is 5.52 Å². The molecule has 1 heterocycles. The molecular weight excluding hydrogens is 222 g/mol. The largest absolute Gasteiger partial charge is 0.295 e. The molecule has 0 spiro atoms. The van der Waals surface area contributed by atoms with Gasteiger partial charge in [-0.05, 0) is 11.6 Å². The molecule has 0 saturated carbocycles. The van der Waals surface area contributed by atoms with Gasteiger partial charge in [-0.3, -0.25) is 10.1 Å². The molecule has 1 aromatic carbocycles. The van der Waals surface area contributed by atoms with Crippen LogP contribution in [0.5, 0.6) is 0 Å². The molecule has 0 aliphatic rings. The topological polar surface area (TPSA) is 105 Å². The quantitative estimate of drug-likeness (QED) is 0.265. The van der Waals surface area contributed by atoms with Crippen LogP contribution in [0.25, 0.3) is 21.3 Å². The van der Waals surface area contributed by atoms with Crippen molar-refractivity contribution in [1.82, 2.24) is 4.98 Å². The summed E-state index contributed by atoms with van der Waals surface area (Å²) < 4.78 is 0. The van der Waals surface area contributed by atoms with Gasteiger partial charge in [0.15, 0.2) is 0 Å². The van der Waals surface area contributed by atoms with Crippen LogP contribution in [0, 0.1) is 10.1 Å². The first-order valence-corrected chi connectivity index (χ1v) is 4.76. The van der Waals surface area contributed by atoms with Crippen LogP contribution in [0.4, 0.5) is 5.69 Å². The Morgan fingerprint density at radius 2 is 2.24 bits per heavy atom. The molecule has 0 fully saturated rings. The van der Waals surface area contributed by atoms with E-state index in [0.717, 1.165) is 0 Å². The van der Waals surface area contributed by atoms with Crippen LogP contribution in [-0.2, 0) is 6.54 Å². The lowest BCUT2D eigenvalue weighted by Crippen LogP contribution is -1.94. The van der Waals surface area contributed by atoms with Crippen LogP contribution in [0.3, 0.4) is 0 Å². The number of aromatic nitrogens is 1. The highest BCUT2D eigenvalue weighted by Crippen LogP contribution is 2.23. The fraction of sp³-hybridized carbons (Fsp3) is 0.100. The highest BCUT2D eigenvalue weighted by atomic mass is 16.6. The fourth-order valence-corrected chi connectivity index (χ4v) is 1.51. The minimum Gasteiger partial charge on any atom is -0.258 e. The summed E-state index contributed by atoms with van der Waals surface area (Å²) in [7, 11) is 0. The summed E-state index contributed by atoms with van der Waals surface area (Å²) in [5.74, 6) is 0. The molecular formula is C10H7N5O2. The average molecular weight is 229 g/mol. The number of azide groups is 1. The van der Waals surface area contributed by atoms with Crippen LogP contribution >= 0.6 is 0 Å². The molecule has 7 nitrogen and oxygen atoms in total. The van der Waals surface area contributed by atoms with Gasteiger partial charge in [-0.15, -0.1) is 0 Å². The summed E-state index contributed by atoms with van der Waals surface area (Å²) in [4.78, 5) is 17.1. The zero-order valence-electron chi connectivity index (χ0n) is 8.65. The van der Waals surface area contributed by atoms with Crippen molar-refractivity contribution < 1.29 is 4.92 Å². The summed E-state index contributed by atoms with van der Waals surface area (Å²) in [6.45, 7) is 0.0818. The Morgan fingerprint density at radius 1 is 1.41 bits per heavy atom. The van der Waals surface area contributed by atoms with Gasteiger partial charge in [-0.2, -0.15) is 0 Å². The van der Waals surface area contributed by atoms with Crippen LogP contribution in [0.2, 0.25) is 0 Å². The molecule has 0 amide bonds. The number of fused-ring (bicyclic) bond motifs is 1. The molecule has 0 N–H and O–H groups in total. The van der Waals surface area contributed by atoms with E-state index in [2.05, 4.69) is 15.0 Å².